The summed E-state index contributed by atoms with van der Waals surface area (Å²) < 4.78 is 1.94. The van der Waals surface area contributed by atoms with Crippen molar-refractivity contribution in [3.8, 4) is 5.69 Å². The first-order valence-electron chi connectivity index (χ1n) is 8.85. The predicted octanol–water partition coefficient (Wildman–Crippen LogP) is 2.15. The fraction of sp³-hybridized carbons (Fsp3) is 0.526. The molecule has 1 N–H and O–H groups in total. The molecule has 1 aliphatic heterocycles. The molecule has 2 heterocycles. The van der Waals surface area contributed by atoms with Crippen LogP contribution in [0.3, 0.4) is 0 Å². The van der Waals surface area contributed by atoms with Crippen LogP contribution in [-0.4, -0.2) is 63.0 Å². The lowest BCUT2D eigenvalue weighted by molar-refractivity contribution is 0.0349. The van der Waals surface area contributed by atoms with E-state index in [1.807, 2.05) is 29.1 Å². The first-order chi connectivity index (χ1) is 11.7. The summed E-state index contributed by atoms with van der Waals surface area (Å²) in [6.45, 7) is 8.79. The maximum Gasteiger partial charge on any atom is 0.0645 e. The van der Waals surface area contributed by atoms with Crippen molar-refractivity contribution in [3.05, 3.63) is 48.3 Å². The summed E-state index contributed by atoms with van der Waals surface area (Å²) in [7, 11) is 0. The van der Waals surface area contributed by atoms with Crippen molar-refractivity contribution in [2.24, 2.45) is 0 Å². The summed E-state index contributed by atoms with van der Waals surface area (Å²) in [4.78, 5) is 4.99. The van der Waals surface area contributed by atoms with E-state index < -0.39 is 0 Å². The molecule has 0 aliphatic carbocycles. The van der Waals surface area contributed by atoms with Gasteiger partial charge in [0, 0.05) is 56.6 Å². The minimum absolute atomic E-state index is 0.258. The topological polar surface area (TPSA) is 44.5 Å². The van der Waals surface area contributed by atoms with Gasteiger partial charge in [-0.3, -0.25) is 9.80 Å². The van der Waals surface area contributed by atoms with Crippen molar-refractivity contribution in [1.82, 2.24) is 19.6 Å². The van der Waals surface area contributed by atoms with Gasteiger partial charge in [0.15, 0.2) is 0 Å². The van der Waals surface area contributed by atoms with Crippen molar-refractivity contribution < 1.29 is 5.11 Å². The highest BCUT2D eigenvalue weighted by molar-refractivity contribution is 5.30. The normalized spacial score (nSPS) is 19.9. The van der Waals surface area contributed by atoms with E-state index >= 15 is 0 Å². The van der Waals surface area contributed by atoms with Gasteiger partial charge >= 0.3 is 0 Å². The highest BCUT2D eigenvalue weighted by Crippen LogP contribution is 2.18. The number of aliphatic hydroxyl groups excluding tert-OH is 1. The molecule has 1 aromatic carbocycles. The summed E-state index contributed by atoms with van der Waals surface area (Å²) in [6.07, 6.45) is 4.92. The predicted molar refractivity (Wildman–Crippen MR) is 96.2 cm³/mol. The van der Waals surface area contributed by atoms with E-state index in [1.54, 1.807) is 0 Å². The molecule has 1 aromatic heterocycles. The number of nitrogens with zero attached hydrogens (tertiary/aromatic N) is 4. The lowest BCUT2D eigenvalue weighted by atomic mass is 10.1. The molecular weight excluding hydrogens is 300 g/mol. The maximum atomic E-state index is 9.36. The van der Waals surface area contributed by atoms with Gasteiger partial charge in [0.2, 0.25) is 0 Å². The summed E-state index contributed by atoms with van der Waals surface area (Å²) in [5.74, 6) is 0. The third kappa shape index (κ3) is 4.04. The van der Waals surface area contributed by atoms with Gasteiger partial charge < -0.3 is 5.11 Å². The average Bonchev–Trinajstić information content (AvgIpc) is 3.04. The number of aromatic nitrogens is 2. The smallest absolute Gasteiger partial charge is 0.0645 e. The Hall–Kier alpha value is -1.69. The molecule has 0 unspecified atom stereocenters. The van der Waals surface area contributed by atoms with Gasteiger partial charge in [0.25, 0.3) is 0 Å². The number of aliphatic hydroxyl groups is 1. The second kappa shape index (κ2) is 7.92. The molecule has 1 saturated heterocycles. The molecule has 2 aromatic rings. The monoisotopic (exact) mass is 328 g/mol. The average molecular weight is 328 g/mol. The molecule has 5 nitrogen and oxygen atoms in total. The fourth-order valence-corrected chi connectivity index (χ4v) is 3.59. The second-order valence-corrected chi connectivity index (χ2v) is 6.86. The number of rotatable bonds is 6. The molecule has 1 aliphatic rings. The molecule has 0 radical (unpaired) electrons. The van der Waals surface area contributed by atoms with Crippen molar-refractivity contribution in [3.63, 3.8) is 0 Å². The zero-order valence-electron chi connectivity index (χ0n) is 14.7. The Labute approximate surface area is 144 Å². The van der Waals surface area contributed by atoms with E-state index in [-0.39, 0.29) is 6.61 Å². The maximum absolute atomic E-state index is 9.36. The highest BCUT2D eigenvalue weighted by atomic mass is 16.3. The largest absolute Gasteiger partial charge is 0.396 e. The summed E-state index contributed by atoms with van der Waals surface area (Å²) in [5.41, 5.74) is 2.33. The molecule has 5 heteroatoms. The summed E-state index contributed by atoms with van der Waals surface area (Å²) in [6, 6.07) is 11.2. The van der Waals surface area contributed by atoms with Crippen LogP contribution in [0.15, 0.2) is 42.7 Å². The molecule has 1 fully saturated rings. The van der Waals surface area contributed by atoms with Crippen LogP contribution in [0.1, 0.15) is 25.8 Å². The summed E-state index contributed by atoms with van der Waals surface area (Å²) in [5, 5.41) is 13.9. The van der Waals surface area contributed by atoms with Crippen LogP contribution < -0.4 is 0 Å². The first-order valence-corrected chi connectivity index (χ1v) is 8.85. The zero-order valence-corrected chi connectivity index (χ0v) is 14.7. The number of benzene rings is 1. The molecule has 1 atom stereocenters. The van der Waals surface area contributed by atoms with Gasteiger partial charge in [-0.25, -0.2) is 4.68 Å². The second-order valence-electron chi connectivity index (χ2n) is 6.86. The Morgan fingerprint density at radius 3 is 2.71 bits per heavy atom. The van der Waals surface area contributed by atoms with Gasteiger partial charge in [-0.15, -0.1) is 0 Å². The van der Waals surface area contributed by atoms with E-state index in [1.165, 1.54) is 5.56 Å². The Morgan fingerprint density at radius 1 is 1.21 bits per heavy atom. The van der Waals surface area contributed by atoms with Crippen LogP contribution in [0.5, 0.6) is 0 Å². The highest BCUT2D eigenvalue weighted by Gasteiger charge is 2.28. The third-order valence-corrected chi connectivity index (χ3v) is 4.80. The van der Waals surface area contributed by atoms with Crippen molar-refractivity contribution in [2.45, 2.75) is 38.9 Å². The Bertz CT molecular complexity index is 625. The lowest BCUT2D eigenvalue weighted by Crippen LogP contribution is -2.55. The molecule has 0 spiro atoms. The van der Waals surface area contributed by atoms with Gasteiger partial charge in [0.05, 0.1) is 11.9 Å². The molecule has 0 amide bonds. The van der Waals surface area contributed by atoms with Crippen LogP contribution in [0, 0.1) is 0 Å². The van der Waals surface area contributed by atoms with Gasteiger partial charge in [-0.1, -0.05) is 18.2 Å². The van der Waals surface area contributed by atoms with Crippen molar-refractivity contribution >= 4 is 0 Å². The quantitative estimate of drug-likeness (QED) is 0.882. The number of hydrogen-bond acceptors (Lipinski definition) is 4. The minimum atomic E-state index is 0.258. The van der Waals surface area contributed by atoms with Crippen molar-refractivity contribution in [1.29, 1.82) is 0 Å². The molecule has 0 saturated carbocycles. The first kappa shape index (κ1) is 17.1. The fourth-order valence-electron chi connectivity index (χ4n) is 3.59. The van der Waals surface area contributed by atoms with Crippen LogP contribution in [0.4, 0.5) is 0 Å². The summed E-state index contributed by atoms with van der Waals surface area (Å²) >= 11 is 0. The van der Waals surface area contributed by atoms with E-state index in [0.29, 0.717) is 12.1 Å². The van der Waals surface area contributed by atoms with Gasteiger partial charge in [-0.05, 0) is 32.4 Å². The van der Waals surface area contributed by atoms with E-state index in [4.69, 9.17) is 0 Å². The third-order valence-electron chi connectivity index (χ3n) is 4.80. The number of para-hydroxylation sites is 1. The SMILES string of the molecule is CC(C)N1CCN(Cc2cnn(-c3ccccc3)c2)C[C@H]1CCO. The minimum Gasteiger partial charge on any atom is -0.396 e. The van der Waals surface area contributed by atoms with E-state index in [9.17, 15) is 5.11 Å². The number of hydrogen-bond donors (Lipinski definition) is 1. The van der Waals surface area contributed by atoms with Crippen molar-refractivity contribution in [2.75, 3.05) is 26.2 Å². The Morgan fingerprint density at radius 2 is 2.00 bits per heavy atom. The van der Waals surface area contributed by atoms with Crippen LogP contribution in [0.25, 0.3) is 5.69 Å². The van der Waals surface area contributed by atoms with Gasteiger partial charge in [0.1, 0.15) is 0 Å². The van der Waals surface area contributed by atoms with E-state index in [0.717, 1.165) is 38.3 Å². The Kier molecular flexibility index (Phi) is 5.66. The molecule has 130 valence electrons. The van der Waals surface area contributed by atoms with Crippen LogP contribution >= 0.6 is 0 Å². The molecule has 0 bridgehead atoms. The molecular formula is C19H28N4O. The van der Waals surface area contributed by atoms with Crippen LogP contribution in [0.2, 0.25) is 0 Å². The molecule has 24 heavy (non-hydrogen) atoms. The zero-order chi connectivity index (χ0) is 16.9. The Balaban J connectivity index is 1.63. The standard InChI is InChI=1S/C19H28N4O/c1-16(2)22-10-9-21(15-19(22)8-11-24)13-17-12-20-23(14-17)18-6-4-3-5-7-18/h3-7,12,14,16,19,24H,8-11,13,15H2,1-2H3/t19-/m1/s1. The van der Waals surface area contributed by atoms with E-state index in [2.05, 4.69) is 47.1 Å². The number of piperazine rings is 1. The molecule has 3 rings (SSSR count). The van der Waals surface area contributed by atoms with Crippen LogP contribution in [-0.2, 0) is 6.54 Å². The van der Waals surface area contributed by atoms with Gasteiger partial charge in [-0.2, -0.15) is 5.10 Å². The lowest BCUT2D eigenvalue weighted by Gasteiger charge is -2.43.